The van der Waals surface area contributed by atoms with E-state index in [1.807, 2.05) is 30.3 Å². The van der Waals surface area contributed by atoms with Gasteiger partial charge in [-0.05, 0) is 5.56 Å². The minimum Gasteiger partial charge on any atom is -0.308 e. The quantitative estimate of drug-likeness (QED) is 0.840. The molecule has 0 bridgehead atoms. The Kier molecular flexibility index (Phi) is 4.04. The number of H-pyrrole nitrogens is 1. The van der Waals surface area contributed by atoms with Crippen molar-refractivity contribution < 1.29 is 13.6 Å². The average molecular weight is 282 g/mol. The van der Waals surface area contributed by atoms with Crippen LogP contribution in [0.3, 0.4) is 0 Å². The molecule has 2 aromatic rings. The van der Waals surface area contributed by atoms with Gasteiger partial charge in [0.1, 0.15) is 5.30 Å². The van der Waals surface area contributed by atoms with Gasteiger partial charge in [0.25, 0.3) is 5.56 Å². The van der Waals surface area contributed by atoms with E-state index in [1.165, 1.54) is 25.1 Å². The Morgan fingerprint density at radius 1 is 1.21 bits per heavy atom. The second-order valence-electron chi connectivity index (χ2n) is 3.90. The molecule has 102 valence electrons. The maximum absolute atomic E-state index is 12.2. The fraction of sp³-hybridized carbons (Fsp3) is 0.250. The molecular formula is C12H15N2O4P. The number of hydrogen-bond donors (Lipinski definition) is 1. The summed E-state index contributed by atoms with van der Waals surface area (Å²) in [6.07, 6.45) is 1.36. The van der Waals surface area contributed by atoms with Crippen molar-refractivity contribution in [2.45, 2.75) is 6.54 Å². The zero-order valence-corrected chi connectivity index (χ0v) is 11.6. The third-order valence-corrected chi connectivity index (χ3v) is 4.65. The summed E-state index contributed by atoms with van der Waals surface area (Å²) in [5, 5.41) is 2.78. The summed E-state index contributed by atoms with van der Waals surface area (Å²) in [6, 6.07) is 9.48. The SMILES string of the molecule is COP(=O)(OC)c1c[nH]n(Cc2ccccc2)c1=O. The van der Waals surface area contributed by atoms with Gasteiger partial charge in [-0.2, -0.15) is 0 Å². The van der Waals surface area contributed by atoms with Gasteiger partial charge < -0.3 is 14.1 Å². The van der Waals surface area contributed by atoms with Crippen LogP contribution in [0.15, 0.2) is 41.3 Å². The molecule has 0 aliphatic heterocycles. The average Bonchev–Trinajstić information content (AvgIpc) is 2.81. The molecular weight excluding hydrogens is 267 g/mol. The first-order valence-corrected chi connectivity index (χ1v) is 7.19. The van der Waals surface area contributed by atoms with E-state index in [9.17, 15) is 9.36 Å². The minimum atomic E-state index is -3.52. The van der Waals surface area contributed by atoms with E-state index in [0.29, 0.717) is 6.54 Å². The molecule has 2 rings (SSSR count). The summed E-state index contributed by atoms with van der Waals surface area (Å²) in [5.74, 6) is 0. The summed E-state index contributed by atoms with van der Waals surface area (Å²) in [5.41, 5.74) is 0.554. The molecule has 19 heavy (non-hydrogen) atoms. The van der Waals surface area contributed by atoms with Crippen LogP contribution in [-0.2, 0) is 20.2 Å². The van der Waals surface area contributed by atoms with E-state index >= 15 is 0 Å². The number of aromatic amines is 1. The molecule has 1 heterocycles. The third-order valence-electron chi connectivity index (χ3n) is 2.78. The van der Waals surface area contributed by atoms with Crippen LogP contribution in [0.25, 0.3) is 0 Å². The first-order valence-electron chi connectivity index (χ1n) is 5.65. The minimum absolute atomic E-state index is 0.00781. The Morgan fingerprint density at radius 2 is 1.84 bits per heavy atom. The molecule has 1 aromatic heterocycles. The van der Waals surface area contributed by atoms with Crippen molar-refractivity contribution >= 4 is 12.9 Å². The molecule has 0 atom stereocenters. The highest BCUT2D eigenvalue weighted by Gasteiger charge is 2.30. The number of benzene rings is 1. The molecule has 0 aliphatic carbocycles. The Morgan fingerprint density at radius 3 is 2.42 bits per heavy atom. The predicted molar refractivity (Wildman–Crippen MR) is 71.9 cm³/mol. The molecule has 0 unspecified atom stereocenters. The molecule has 0 amide bonds. The maximum atomic E-state index is 12.2. The van der Waals surface area contributed by atoms with E-state index in [1.54, 1.807) is 0 Å². The van der Waals surface area contributed by atoms with Crippen LogP contribution in [0.1, 0.15) is 5.56 Å². The largest absolute Gasteiger partial charge is 0.367 e. The highest BCUT2D eigenvalue weighted by Crippen LogP contribution is 2.43. The van der Waals surface area contributed by atoms with Crippen LogP contribution < -0.4 is 10.9 Å². The Bertz CT molecular complexity index is 639. The van der Waals surface area contributed by atoms with Crippen molar-refractivity contribution in [2.24, 2.45) is 0 Å². The van der Waals surface area contributed by atoms with Crippen molar-refractivity contribution in [3.63, 3.8) is 0 Å². The molecule has 6 nitrogen and oxygen atoms in total. The fourth-order valence-electron chi connectivity index (χ4n) is 1.75. The smallest absolute Gasteiger partial charge is 0.308 e. The predicted octanol–water partition coefficient (Wildman–Crippen LogP) is 1.34. The molecule has 0 saturated carbocycles. The molecule has 0 spiro atoms. The topological polar surface area (TPSA) is 73.3 Å². The van der Waals surface area contributed by atoms with E-state index < -0.39 is 13.2 Å². The Balaban J connectivity index is 2.34. The van der Waals surface area contributed by atoms with Crippen molar-refractivity contribution in [3.8, 4) is 0 Å². The van der Waals surface area contributed by atoms with Crippen LogP contribution in [0.2, 0.25) is 0 Å². The number of nitrogens with zero attached hydrogens (tertiary/aromatic N) is 1. The number of aromatic nitrogens is 2. The molecule has 0 aliphatic rings. The van der Waals surface area contributed by atoms with Gasteiger partial charge >= 0.3 is 7.60 Å². The molecule has 0 radical (unpaired) electrons. The lowest BCUT2D eigenvalue weighted by Crippen LogP contribution is -2.29. The van der Waals surface area contributed by atoms with Gasteiger partial charge in [0, 0.05) is 20.4 Å². The lowest BCUT2D eigenvalue weighted by molar-refractivity contribution is 0.287. The van der Waals surface area contributed by atoms with Gasteiger partial charge in [0.2, 0.25) is 0 Å². The summed E-state index contributed by atoms with van der Waals surface area (Å²) in [4.78, 5) is 12.1. The molecule has 0 saturated heterocycles. The zero-order chi connectivity index (χ0) is 13.9. The molecule has 1 N–H and O–H groups in total. The van der Waals surface area contributed by atoms with E-state index in [0.717, 1.165) is 5.56 Å². The first-order chi connectivity index (χ1) is 9.10. The van der Waals surface area contributed by atoms with Gasteiger partial charge in [-0.25, -0.2) is 4.68 Å². The van der Waals surface area contributed by atoms with Crippen molar-refractivity contribution in [2.75, 3.05) is 14.2 Å². The maximum Gasteiger partial charge on any atom is 0.367 e. The first kappa shape index (κ1) is 13.8. The summed E-state index contributed by atoms with van der Waals surface area (Å²) in [6.45, 7) is 0.368. The van der Waals surface area contributed by atoms with Gasteiger partial charge in [0.05, 0.1) is 6.54 Å². The van der Waals surface area contributed by atoms with Crippen LogP contribution >= 0.6 is 7.60 Å². The summed E-state index contributed by atoms with van der Waals surface area (Å²) < 4.78 is 23.2. The molecule has 1 aromatic carbocycles. The summed E-state index contributed by atoms with van der Waals surface area (Å²) >= 11 is 0. The molecule has 7 heteroatoms. The van der Waals surface area contributed by atoms with Gasteiger partial charge in [-0.1, -0.05) is 30.3 Å². The Hall–Kier alpha value is -1.62. The standard InChI is InChI=1S/C12H15N2O4P/c1-17-19(16,18-2)11-8-13-14(12(11)15)9-10-6-4-3-5-7-10/h3-8,13H,9H2,1-2H3. The van der Waals surface area contributed by atoms with Crippen molar-refractivity contribution in [1.82, 2.24) is 9.78 Å². The van der Waals surface area contributed by atoms with E-state index in [4.69, 9.17) is 9.05 Å². The second kappa shape index (κ2) is 5.57. The van der Waals surface area contributed by atoms with Gasteiger partial charge in [0.15, 0.2) is 0 Å². The van der Waals surface area contributed by atoms with E-state index in [2.05, 4.69) is 5.10 Å². The van der Waals surface area contributed by atoms with Crippen LogP contribution in [-0.4, -0.2) is 24.0 Å². The lowest BCUT2D eigenvalue weighted by Gasteiger charge is -2.09. The zero-order valence-electron chi connectivity index (χ0n) is 10.7. The normalized spacial score (nSPS) is 11.7. The highest BCUT2D eigenvalue weighted by molar-refractivity contribution is 7.62. The summed E-state index contributed by atoms with van der Waals surface area (Å²) in [7, 11) is -1.02. The second-order valence-corrected chi connectivity index (χ2v) is 6.11. The lowest BCUT2D eigenvalue weighted by atomic mass is 10.2. The van der Waals surface area contributed by atoms with Gasteiger partial charge in [-0.15, -0.1) is 0 Å². The van der Waals surface area contributed by atoms with Crippen LogP contribution in [0.5, 0.6) is 0 Å². The van der Waals surface area contributed by atoms with Crippen LogP contribution in [0, 0.1) is 0 Å². The number of rotatable bonds is 5. The van der Waals surface area contributed by atoms with Crippen molar-refractivity contribution in [3.05, 3.63) is 52.4 Å². The number of hydrogen-bond acceptors (Lipinski definition) is 4. The van der Waals surface area contributed by atoms with Crippen molar-refractivity contribution in [1.29, 1.82) is 0 Å². The number of nitrogens with one attached hydrogen (secondary N) is 1. The fourth-order valence-corrected chi connectivity index (χ4v) is 2.86. The van der Waals surface area contributed by atoms with Crippen LogP contribution in [0.4, 0.5) is 0 Å². The van der Waals surface area contributed by atoms with E-state index in [-0.39, 0.29) is 5.30 Å². The van der Waals surface area contributed by atoms with Gasteiger partial charge in [-0.3, -0.25) is 9.36 Å². The Labute approximate surface area is 110 Å². The highest BCUT2D eigenvalue weighted by atomic mass is 31.2. The third kappa shape index (κ3) is 2.71. The monoisotopic (exact) mass is 282 g/mol. The molecule has 0 fully saturated rings.